The van der Waals surface area contributed by atoms with Crippen molar-refractivity contribution in [1.29, 1.82) is 0 Å². The number of carbonyl (C=O) groups is 2. The number of carbonyl (C=O) groups excluding carboxylic acids is 2. The predicted molar refractivity (Wildman–Crippen MR) is 90.8 cm³/mol. The fourth-order valence-corrected chi connectivity index (χ4v) is 2.90. The highest BCUT2D eigenvalue weighted by Gasteiger charge is 2.34. The average molecular weight is 339 g/mol. The van der Waals surface area contributed by atoms with Crippen molar-refractivity contribution >= 4 is 29.1 Å². The summed E-state index contributed by atoms with van der Waals surface area (Å²) in [5, 5.41) is 3.34. The van der Waals surface area contributed by atoms with E-state index in [9.17, 15) is 9.59 Å². The van der Waals surface area contributed by atoms with E-state index in [1.54, 1.807) is 23.1 Å². The second-order valence-electron chi connectivity index (χ2n) is 5.78. The summed E-state index contributed by atoms with van der Waals surface area (Å²) < 4.78 is 5.22. The molecule has 0 aliphatic carbocycles. The zero-order valence-corrected chi connectivity index (χ0v) is 14.4. The van der Waals surface area contributed by atoms with Crippen LogP contribution in [0.4, 0.5) is 5.69 Å². The van der Waals surface area contributed by atoms with Gasteiger partial charge in [-0.3, -0.25) is 9.59 Å². The second kappa shape index (κ2) is 8.20. The lowest BCUT2D eigenvalue weighted by atomic mass is 10.1. The van der Waals surface area contributed by atoms with Crippen molar-refractivity contribution in [3.63, 3.8) is 0 Å². The van der Waals surface area contributed by atoms with Gasteiger partial charge in [-0.1, -0.05) is 31.4 Å². The molecule has 1 atom stereocenters. The molecule has 1 aromatic carbocycles. The fourth-order valence-electron chi connectivity index (χ4n) is 2.73. The summed E-state index contributed by atoms with van der Waals surface area (Å²) in [5.41, 5.74) is 0.530. The number of benzene rings is 1. The Bertz CT molecular complexity index is 577. The summed E-state index contributed by atoms with van der Waals surface area (Å²) in [6, 6.07) is 5.05. The lowest BCUT2D eigenvalue weighted by Crippen LogP contribution is -2.29. The topological polar surface area (TPSA) is 58.6 Å². The van der Waals surface area contributed by atoms with E-state index in [0.29, 0.717) is 23.0 Å². The average Bonchev–Trinajstić information content (AvgIpc) is 2.89. The number of nitrogens with zero attached hydrogens (tertiary/aromatic N) is 1. The first-order valence-electron chi connectivity index (χ1n) is 7.97. The summed E-state index contributed by atoms with van der Waals surface area (Å²) in [6.45, 7) is 3.34. The lowest BCUT2D eigenvalue weighted by molar-refractivity contribution is -0.128. The highest BCUT2D eigenvalue weighted by Crippen LogP contribution is 2.29. The van der Waals surface area contributed by atoms with E-state index in [-0.39, 0.29) is 24.2 Å². The van der Waals surface area contributed by atoms with Crippen molar-refractivity contribution in [3.05, 3.63) is 23.2 Å². The summed E-state index contributed by atoms with van der Waals surface area (Å²) >= 11 is 5.96. The molecule has 1 saturated heterocycles. The number of halogens is 1. The Balaban J connectivity index is 1.96. The number of methoxy groups -OCH3 is 1. The van der Waals surface area contributed by atoms with E-state index in [2.05, 4.69) is 12.2 Å². The van der Waals surface area contributed by atoms with Gasteiger partial charge in [0.1, 0.15) is 5.75 Å². The number of anilines is 1. The van der Waals surface area contributed by atoms with Crippen molar-refractivity contribution in [2.75, 3.05) is 25.5 Å². The van der Waals surface area contributed by atoms with Crippen LogP contribution in [0, 0.1) is 5.92 Å². The van der Waals surface area contributed by atoms with E-state index in [1.807, 2.05) is 0 Å². The summed E-state index contributed by atoms with van der Waals surface area (Å²) in [5.74, 6) is 0.107. The largest absolute Gasteiger partial charge is 0.495 e. The third-order valence-corrected chi connectivity index (χ3v) is 4.27. The third kappa shape index (κ3) is 4.61. The van der Waals surface area contributed by atoms with Gasteiger partial charge in [-0.2, -0.15) is 0 Å². The van der Waals surface area contributed by atoms with Gasteiger partial charge in [-0.15, -0.1) is 0 Å². The van der Waals surface area contributed by atoms with Crippen LogP contribution < -0.4 is 10.1 Å². The molecule has 0 aromatic heterocycles. The molecule has 6 heteroatoms. The zero-order valence-electron chi connectivity index (χ0n) is 13.6. The highest BCUT2D eigenvalue weighted by molar-refractivity contribution is 6.31. The molecule has 5 nitrogen and oxygen atoms in total. The molecular weight excluding hydrogens is 316 g/mol. The molecule has 1 fully saturated rings. The number of rotatable bonds is 7. The van der Waals surface area contributed by atoms with Gasteiger partial charge in [-0.05, 0) is 24.6 Å². The standard InChI is InChI=1S/C17H23ClN2O3/c1-3-4-5-8-20-11-12(9-16(20)21)17(22)19-14-10-13(18)6-7-15(14)23-2/h6-7,10,12H,3-5,8-9,11H2,1-2H3,(H,19,22). The molecule has 23 heavy (non-hydrogen) atoms. The monoisotopic (exact) mass is 338 g/mol. The van der Waals surface area contributed by atoms with Gasteiger partial charge in [0.05, 0.1) is 18.7 Å². The van der Waals surface area contributed by atoms with Crippen LogP contribution >= 0.6 is 11.6 Å². The van der Waals surface area contributed by atoms with Crippen LogP contribution in [0.3, 0.4) is 0 Å². The fraction of sp³-hybridized carbons (Fsp3) is 0.529. The maximum absolute atomic E-state index is 12.4. The summed E-state index contributed by atoms with van der Waals surface area (Å²) in [4.78, 5) is 26.2. The van der Waals surface area contributed by atoms with Gasteiger partial charge >= 0.3 is 0 Å². The maximum atomic E-state index is 12.4. The number of ether oxygens (including phenoxy) is 1. The molecule has 2 amide bonds. The van der Waals surface area contributed by atoms with Crippen molar-refractivity contribution in [2.24, 2.45) is 5.92 Å². The maximum Gasteiger partial charge on any atom is 0.229 e. The first-order chi connectivity index (χ1) is 11.0. The van der Waals surface area contributed by atoms with Gasteiger partial charge in [0.25, 0.3) is 0 Å². The number of hydrogen-bond acceptors (Lipinski definition) is 3. The van der Waals surface area contributed by atoms with Crippen LogP contribution in [0.5, 0.6) is 5.75 Å². The van der Waals surface area contributed by atoms with Crippen molar-refractivity contribution in [1.82, 2.24) is 4.90 Å². The minimum absolute atomic E-state index is 0.0549. The van der Waals surface area contributed by atoms with Crippen molar-refractivity contribution < 1.29 is 14.3 Å². The van der Waals surface area contributed by atoms with Crippen LogP contribution in [0.15, 0.2) is 18.2 Å². The van der Waals surface area contributed by atoms with Gasteiger partial charge in [0, 0.05) is 24.5 Å². The Labute approximate surface area is 141 Å². The first-order valence-corrected chi connectivity index (χ1v) is 8.35. The Morgan fingerprint density at radius 1 is 1.43 bits per heavy atom. The summed E-state index contributed by atoms with van der Waals surface area (Å²) in [6.07, 6.45) is 3.46. The predicted octanol–water partition coefficient (Wildman–Crippen LogP) is 3.33. The molecule has 0 radical (unpaired) electrons. The van der Waals surface area contributed by atoms with E-state index in [1.165, 1.54) is 7.11 Å². The second-order valence-corrected chi connectivity index (χ2v) is 6.22. The van der Waals surface area contributed by atoms with E-state index < -0.39 is 0 Å². The van der Waals surface area contributed by atoms with Gasteiger partial charge in [-0.25, -0.2) is 0 Å². The SMILES string of the molecule is CCCCCN1CC(C(=O)Nc2cc(Cl)ccc2OC)CC1=O. The van der Waals surface area contributed by atoms with Crippen LogP contribution in [0.1, 0.15) is 32.6 Å². The minimum atomic E-state index is -0.326. The van der Waals surface area contributed by atoms with Crippen LogP contribution in [-0.4, -0.2) is 36.9 Å². The molecule has 2 rings (SSSR count). The van der Waals surface area contributed by atoms with Crippen LogP contribution in [0.2, 0.25) is 5.02 Å². The Hall–Kier alpha value is -1.75. The number of unbranched alkanes of at least 4 members (excludes halogenated alkanes) is 2. The number of amides is 2. The molecule has 1 aliphatic heterocycles. The number of likely N-dealkylation sites (tertiary alicyclic amines) is 1. The molecule has 0 saturated carbocycles. The Morgan fingerprint density at radius 3 is 2.91 bits per heavy atom. The van der Waals surface area contributed by atoms with Gasteiger partial charge in [0.15, 0.2) is 0 Å². The van der Waals surface area contributed by atoms with E-state index in [4.69, 9.17) is 16.3 Å². The minimum Gasteiger partial charge on any atom is -0.495 e. The molecule has 1 heterocycles. The molecular formula is C17H23ClN2O3. The highest BCUT2D eigenvalue weighted by atomic mass is 35.5. The molecule has 1 aliphatic rings. The summed E-state index contributed by atoms with van der Waals surface area (Å²) in [7, 11) is 1.54. The van der Waals surface area contributed by atoms with Gasteiger partial charge in [0.2, 0.25) is 11.8 Å². The Kier molecular flexibility index (Phi) is 6.28. The number of nitrogens with one attached hydrogen (secondary N) is 1. The quantitative estimate of drug-likeness (QED) is 0.776. The molecule has 1 N–H and O–H groups in total. The van der Waals surface area contributed by atoms with E-state index >= 15 is 0 Å². The molecule has 126 valence electrons. The molecule has 0 bridgehead atoms. The van der Waals surface area contributed by atoms with Crippen LogP contribution in [-0.2, 0) is 9.59 Å². The van der Waals surface area contributed by atoms with E-state index in [0.717, 1.165) is 25.8 Å². The first kappa shape index (κ1) is 17.6. The zero-order chi connectivity index (χ0) is 16.8. The number of hydrogen-bond donors (Lipinski definition) is 1. The lowest BCUT2D eigenvalue weighted by Gasteiger charge is -2.17. The Morgan fingerprint density at radius 2 is 2.22 bits per heavy atom. The van der Waals surface area contributed by atoms with Crippen LogP contribution in [0.25, 0.3) is 0 Å². The normalized spacial score (nSPS) is 17.4. The van der Waals surface area contributed by atoms with Gasteiger partial charge < -0.3 is 15.0 Å². The smallest absolute Gasteiger partial charge is 0.229 e. The third-order valence-electron chi connectivity index (χ3n) is 4.04. The molecule has 1 aromatic rings. The van der Waals surface area contributed by atoms with Crippen molar-refractivity contribution in [2.45, 2.75) is 32.6 Å². The van der Waals surface area contributed by atoms with Crippen molar-refractivity contribution in [3.8, 4) is 5.75 Å². The molecule has 0 spiro atoms. The molecule has 1 unspecified atom stereocenters.